The maximum atomic E-state index is 12.6. The van der Waals surface area contributed by atoms with E-state index < -0.39 is 31.9 Å². The molecule has 0 aliphatic heterocycles. The summed E-state index contributed by atoms with van der Waals surface area (Å²) in [7, 11) is -3.58. The van der Waals surface area contributed by atoms with Gasteiger partial charge in [0.25, 0.3) is 0 Å². The van der Waals surface area contributed by atoms with Crippen molar-refractivity contribution in [3.8, 4) is 0 Å². The molecule has 1 saturated carbocycles. The summed E-state index contributed by atoms with van der Waals surface area (Å²) in [5.74, 6) is -1.67. The van der Waals surface area contributed by atoms with E-state index >= 15 is 0 Å². The molecule has 1 aromatic rings. The average Bonchev–Trinajstić information content (AvgIpc) is 3.03. The van der Waals surface area contributed by atoms with Gasteiger partial charge in [-0.3, -0.25) is 9.59 Å². The number of carboxylic acids is 1. The Balaban J connectivity index is 2.24. The summed E-state index contributed by atoms with van der Waals surface area (Å²) < 4.78 is 22.9. The number of hydrogen-bond donors (Lipinski definition) is 2. The highest BCUT2D eigenvalue weighted by Gasteiger charge is 2.50. The third-order valence-electron chi connectivity index (χ3n) is 5.02. The van der Waals surface area contributed by atoms with Crippen LogP contribution in [0.25, 0.3) is 0 Å². The van der Waals surface area contributed by atoms with Crippen LogP contribution in [0, 0.1) is 0 Å². The van der Waals surface area contributed by atoms with Crippen molar-refractivity contribution < 1.29 is 23.1 Å². The van der Waals surface area contributed by atoms with Gasteiger partial charge in [-0.25, -0.2) is 8.42 Å². The molecule has 0 aromatic heterocycles. The second kappa shape index (κ2) is 6.55. The number of rotatable bonds is 6. The predicted molar refractivity (Wildman–Crippen MR) is 90.5 cm³/mol. The van der Waals surface area contributed by atoms with Gasteiger partial charge < -0.3 is 10.4 Å². The number of hydrogen-bond acceptors (Lipinski definition) is 4. The molecule has 2 N–H and O–H groups in total. The first-order chi connectivity index (χ1) is 11.1. The van der Waals surface area contributed by atoms with Crippen molar-refractivity contribution in [2.45, 2.75) is 42.8 Å². The SMILES string of the molecule is CC(CNC(=O)C1(S(C)(=O)=O)CCCC1)(C(=O)O)c1ccccc1. The summed E-state index contributed by atoms with van der Waals surface area (Å²) in [5, 5.41) is 12.2. The molecule has 0 bridgehead atoms. The third-order valence-corrected chi connectivity index (χ3v) is 7.03. The summed E-state index contributed by atoms with van der Waals surface area (Å²) in [6.45, 7) is 1.36. The molecule has 1 amide bonds. The second-order valence-electron chi connectivity index (χ2n) is 6.66. The molecule has 1 aliphatic rings. The average molecular weight is 353 g/mol. The number of carboxylic acid groups (broad SMARTS) is 1. The van der Waals surface area contributed by atoms with Gasteiger partial charge in [0.2, 0.25) is 5.91 Å². The Kier molecular flexibility index (Phi) is 5.03. The minimum absolute atomic E-state index is 0.164. The summed E-state index contributed by atoms with van der Waals surface area (Å²) in [6.07, 6.45) is 3.00. The number of carbonyl (C=O) groups excluding carboxylic acids is 1. The largest absolute Gasteiger partial charge is 0.481 e. The molecule has 0 saturated heterocycles. The molecule has 132 valence electrons. The number of aliphatic carboxylic acids is 1. The van der Waals surface area contributed by atoms with Gasteiger partial charge >= 0.3 is 5.97 Å². The summed E-state index contributed by atoms with van der Waals surface area (Å²) in [6, 6.07) is 8.60. The molecule has 1 aliphatic carbocycles. The highest BCUT2D eigenvalue weighted by atomic mass is 32.2. The minimum Gasteiger partial charge on any atom is -0.481 e. The highest BCUT2D eigenvalue weighted by Crippen LogP contribution is 2.37. The zero-order chi connectivity index (χ0) is 18.0. The number of amides is 1. The van der Waals surface area contributed by atoms with Crippen LogP contribution >= 0.6 is 0 Å². The van der Waals surface area contributed by atoms with Crippen molar-refractivity contribution in [1.29, 1.82) is 0 Å². The van der Waals surface area contributed by atoms with Crippen molar-refractivity contribution in [2.75, 3.05) is 12.8 Å². The minimum atomic E-state index is -3.58. The molecule has 2 rings (SSSR count). The summed E-state index contributed by atoms with van der Waals surface area (Å²) in [5.41, 5.74) is -0.772. The maximum absolute atomic E-state index is 12.6. The smallest absolute Gasteiger partial charge is 0.315 e. The van der Waals surface area contributed by atoms with Gasteiger partial charge in [0.05, 0.1) is 0 Å². The lowest BCUT2D eigenvalue weighted by molar-refractivity contribution is -0.143. The molecule has 0 heterocycles. The van der Waals surface area contributed by atoms with Crippen LogP contribution in [0.15, 0.2) is 30.3 Å². The van der Waals surface area contributed by atoms with E-state index in [2.05, 4.69) is 5.32 Å². The highest BCUT2D eigenvalue weighted by molar-refractivity contribution is 7.92. The van der Waals surface area contributed by atoms with E-state index in [0.29, 0.717) is 18.4 Å². The van der Waals surface area contributed by atoms with Gasteiger partial charge in [0.15, 0.2) is 9.84 Å². The lowest BCUT2D eigenvalue weighted by atomic mass is 9.82. The van der Waals surface area contributed by atoms with Gasteiger partial charge in [-0.1, -0.05) is 43.2 Å². The molecule has 1 atom stereocenters. The molecular weight excluding hydrogens is 330 g/mol. The van der Waals surface area contributed by atoms with Crippen LogP contribution in [0.4, 0.5) is 0 Å². The molecule has 1 fully saturated rings. The van der Waals surface area contributed by atoms with Crippen molar-refractivity contribution in [1.82, 2.24) is 5.32 Å². The van der Waals surface area contributed by atoms with Crippen LogP contribution in [0.1, 0.15) is 38.2 Å². The fraction of sp³-hybridized carbons (Fsp3) is 0.529. The Bertz CT molecular complexity index is 723. The number of benzene rings is 1. The number of carbonyl (C=O) groups is 2. The Hall–Kier alpha value is -1.89. The van der Waals surface area contributed by atoms with Crippen molar-refractivity contribution >= 4 is 21.7 Å². The normalized spacial score (nSPS) is 19.4. The molecule has 0 spiro atoms. The van der Waals surface area contributed by atoms with Crippen LogP contribution in [0.5, 0.6) is 0 Å². The van der Waals surface area contributed by atoms with Gasteiger partial charge in [-0.15, -0.1) is 0 Å². The quantitative estimate of drug-likeness (QED) is 0.807. The van der Waals surface area contributed by atoms with E-state index in [1.54, 1.807) is 30.3 Å². The van der Waals surface area contributed by atoms with Crippen LogP contribution in [-0.2, 0) is 24.8 Å². The fourth-order valence-electron chi connectivity index (χ4n) is 3.24. The Morgan fingerprint density at radius 3 is 2.21 bits per heavy atom. The maximum Gasteiger partial charge on any atom is 0.315 e. The standard InChI is InChI=1S/C17H23NO5S/c1-16(15(20)21,13-8-4-3-5-9-13)12-18-14(19)17(24(2,22)23)10-6-7-11-17/h3-5,8-9H,6-7,10-12H2,1-2H3,(H,18,19)(H,20,21). The first-order valence-corrected chi connectivity index (χ1v) is 9.79. The van der Waals surface area contributed by atoms with E-state index in [1.165, 1.54) is 6.92 Å². The predicted octanol–water partition coefficient (Wildman–Crippen LogP) is 1.50. The molecule has 7 heteroatoms. The van der Waals surface area contributed by atoms with E-state index in [-0.39, 0.29) is 19.4 Å². The molecule has 1 unspecified atom stereocenters. The molecular formula is C17H23NO5S. The Morgan fingerprint density at radius 2 is 1.75 bits per heavy atom. The molecule has 24 heavy (non-hydrogen) atoms. The second-order valence-corrected chi connectivity index (χ2v) is 8.99. The fourth-order valence-corrected chi connectivity index (χ4v) is 4.68. The van der Waals surface area contributed by atoms with Crippen LogP contribution in [0.3, 0.4) is 0 Å². The summed E-state index contributed by atoms with van der Waals surface area (Å²) in [4.78, 5) is 24.4. The zero-order valence-electron chi connectivity index (χ0n) is 13.9. The van der Waals surface area contributed by atoms with Crippen molar-refractivity contribution in [3.63, 3.8) is 0 Å². The number of nitrogens with one attached hydrogen (secondary N) is 1. The van der Waals surface area contributed by atoms with Gasteiger partial charge in [0, 0.05) is 12.8 Å². The van der Waals surface area contributed by atoms with E-state index in [0.717, 1.165) is 6.26 Å². The number of sulfone groups is 1. The lowest BCUT2D eigenvalue weighted by Crippen LogP contribution is -2.54. The van der Waals surface area contributed by atoms with E-state index in [1.807, 2.05) is 0 Å². The van der Waals surface area contributed by atoms with Gasteiger partial charge in [-0.2, -0.15) is 0 Å². The van der Waals surface area contributed by atoms with Gasteiger partial charge in [0.1, 0.15) is 10.2 Å². The van der Waals surface area contributed by atoms with Crippen LogP contribution in [-0.4, -0.2) is 42.9 Å². The van der Waals surface area contributed by atoms with Gasteiger partial charge in [-0.05, 0) is 25.3 Å². The van der Waals surface area contributed by atoms with Crippen LogP contribution in [0.2, 0.25) is 0 Å². The van der Waals surface area contributed by atoms with E-state index in [9.17, 15) is 23.1 Å². The summed E-state index contributed by atoms with van der Waals surface area (Å²) >= 11 is 0. The zero-order valence-corrected chi connectivity index (χ0v) is 14.7. The first-order valence-electron chi connectivity index (χ1n) is 7.90. The molecule has 1 aromatic carbocycles. The van der Waals surface area contributed by atoms with Crippen LogP contribution < -0.4 is 5.32 Å². The molecule has 6 nitrogen and oxygen atoms in total. The monoisotopic (exact) mass is 353 g/mol. The lowest BCUT2D eigenvalue weighted by Gasteiger charge is -2.30. The van der Waals surface area contributed by atoms with E-state index in [4.69, 9.17) is 0 Å². The topological polar surface area (TPSA) is 101 Å². The van der Waals surface area contributed by atoms with Crippen molar-refractivity contribution in [3.05, 3.63) is 35.9 Å². The molecule has 0 radical (unpaired) electrons. The third kappa shape index (κ3) is 3.17. The Morgan fingerprint density at radius 1 is 1.21 bits per heavy atom. The first kappa shape index (κ1) is 18.4. The van der Waals surface area contributed by atoms with Crippen molar-refractivity contribution in [2.24, 2.45) is 0 Å². The Labute approximate surface area is 142 Å².